The third-order valence-electron chi connectivity index (χ3n) is 6.20. The Morgan fingerprint density at radius 3 is 1.97 bits per heavy atom. The van der Waals surface area contributed by atoms with Crippen LogP contribution in [0.25, 0.3) is 0 Å². The molecule has 1 heterocycles. The molecule has 11 nitrogen and oxygen atoms in total. The summed E-state index contributed by atoms with van der Waals surface area (Å²) in [6.45, 7) is -0.417. The zero-order valence-electron chi connectivity index (χ0n) is 18.0. The molecule has 2 fully saturated rings. The van der Waals surface area contributed by atoms with Gasteiger partial charge in [-0.15, -0.1) is 0 Å². The van der Waals surface area contributed by atoms with Gasteiger partial charge < -0.3 is 0 Å². The Morgan fingerprint density at radius 1 is 0.914 bits per heavy atom. The number of rotatable bonds is 6. The highest BCUT2D eigenvalue weighted by molar-refractivity contribution is 9.12. The first-order valence-corrected chi connectivity index (χ1v) is 12.4. The van der Waals surface area contributed by atoms with Gasteiger partial charge in [-0.2, -0.15) is 5.01 Å². The molecule has 1 aliphatic carbocycles. The smallest absolute Gasteiger partial charge is 0.272 e. The van der Waals surface area contributed by atoms with Crippen LogP contribution in [0.5, 0.6) is 0 Å². The van der Waals surface area contributed by atoms with E-state index in [1.54, 1.807) is 6.07 Å². The minimum absolute atomic E-state index is 0.0126. The van der Waals surface area contributed by atoms with Crippen molar-refractivity contribution in [3.63, 3.8) is 0 Å². The van der Waals surface area contributed by atoms with Crippen LogP contribution >= 0.6 is 31.9 Å². The summed E-state index contributed by atoms with van der Waals surface area (Å²) in [5, 5.41) is 24.2. The Kier molecular flexibility index (Phi) is 6.99. The lowest BCUT2D eigenvalue weighted by molar-refractivity contribution is -0.385. The maximum absolute atomic E-state index is 13.5. The lowest BCUT2D eigenvalue weighted by Crippen LogP contribution is -2.49. The standard InChI is InChI=1S/C22H18Br2N4O7/c23-17-9-15-16(10-18(17)24)22(31)26(21(15)30)25(11-13-3-1-2-4-19(13)28(34)35)20(29)12-5-7-14(8-6-12)27(32)33/h1-8,15-18H,9-11H2/t15-,16-,17+,18+/m1/s1. The number of fused-ring (bicyclic) bond motifs is 1. The van der Waals surface area contributed by atoms with Gasteiger partial charge in [0.25, 0.3) is 29.1 Å². The van der Waals surface area contributed by atoms with Gasteiger partial charge in [0.15, 0.2) is 0 Å². The highest BCUT2D eigenvalue weighted by atomic mass is 79.9. The van der Waals surface area contributed by atoms with Gasteiger partial charge in [-0.25, -0.2) is 5.01 Å². The number of nitro groups is 2. The number of alkyl halides is 2. The van der Waals surface area contributed by atoms with Crippen molar-refractivity contribution in [1.29, 1.82) is 0 Å². The van der Waals surface area contributed by atoms with Crippen molar-refractivity contribution in [2.24, 2.45) is 11.8 Å². The Bertz CT molecular complexity index is 1190. The molecule has 3 amide bonds. The number of nitrogens with zero attached hydrogens (tertiary/aromatic N) is 4. The molecular weight excluding hydrogens is 592 g/mol. The van der Waals surface area contributed by atoms with E-state index in [1.165, 1.54) is 30.3 Å². The fraction of sp³-hybridized carbons (Fsp3) is 0.318. The van der Waals surface area contributed by atoms with Crippen LogP contribution in [0.3, 0.4) is 0 Å². The largest absolute Gasteiger partial charge is 0.274 e. The molecule has 2 aromatic carbocycles. The first-order valence-electron chi connectivity index (χ1n) is 10.5. The van der Waals surface area contributed by atoms with Crippen LogP contribution in [0.15, 0.2) is 48.5 Å². The number of para-hydroxylation sites is 1. The summed E-state index contributed by atoms with van der Waals surface area (Å²) in [6.07, 6.45) is 0.763. The number of benzene rings is 2. The number of non-ortho nitro benzene ring substituents is 1. The monoisotopic (exact) mass is 608 g/mol. The van der Waals surface area contributed by atoms with E-state index >= 15 is 0 Å². The zero-order valence-corrected chi connectivity index (χ0v) is 21.1. The lowest BCUT2D eigenvalue weighted by atomic mass is 9.81. The summed E-state index contributed by atoms with van der Waals surface area (Å²) >= 11 is 7.04. The predicted molar refractivity (Wildman–Crippen MR) is 130 cm³/mol. The van der Waals surface area contributed by atoms with Crippen molar-refractivity contribution >= 4 is 61.0 Å². The lowest BCUT2D eigenvalue weighted by Gasteiger charge is -2.30. The van der Waals surface area contributed by atoms with Crippen LogP contribution in [0.4, 0.5) is 11.4 Å². The molecule has 1 aliphatic heterocycles. The maximum atomic E-state index is 13.5. The number of hydrogen-bond donors (Lipinski definition) is 0. The molecule has 0 spiro atoms. The van der Waals surface area contributed by atoms with E-state index in [9.17, 15) is 34.6 Å². The highest BCUT2D eigenvalue weighted by Gasteiger charge is 2.54. The van der Waals surface area contributed by atoms with Crippen LogP contribution in [0.1, 0.15) is 28.8 Å². The molecule has 2 aromatic rings. The molecule has 35 heavy (non-hydrogen) atoms. The molecule has 0 N–H and O–H groups in total. The molecule has 0 bridgehead atoms. The number of halogens is 2. The van der Waals surface area contributed by atoms with E-state index in [1.807, 2.05) is 0 Å². The average Bonchev–Trinajstić information content (AvgIpc) is 3.06. The van der Waals surface area contributed by atoms with E-state index in [2.05, 4.69) is 31.9 Å². The van der Waals surface area contributed by atoms with E-state index in [0.717, 1.165) is 22.2 Å². The number of hydrogen-bond acceptors (Lipinski definition) is 7. The van der Waals surface area contributed by atoms with Gasteiger partial charge in [0.1, 0.15) is 0 Å². The maximum Gasteiger partial charge on any atom is 0.274 e. The van der Waals surface area contributed by atoms with Gasteiger partial charge in [-0.3, -0.25) is 34.6 Å². The Hall–Kier alpha value is -3.19. The number of carbonyl (C=O) groups is 3. The minimum Gasteiger partial charge on any atom is -0.272 e. The van der Waals surface area contributed by atoms with Crippen LogP contribution in [0.2, 0.25) is 0 Å². The van der Waals surface area contributed by atoms with Crippen LogP contribution in [0, 0.1) is 32.1 Å². The highest BCUT2D eigenvalue weighted by Crippen LogP contribution is 2.44. The molecule has 4 atom stereocenters. The first kappa shape index (κ1) is 24.9. The Labute approximate surface area is 215 Å². The topological polar surface area (TPSA) is 144 Å². The Morgan fingerprint density at radius 2 is 1.46 bits per heavy atom. The summed E-state index contributed by atoms with van der Waals surface area (Å²) < 4.78 is 0. The Balaban J connectivity index is 1.75. The molecule has 182 valence electrons. The number of amides is 3. The van der Waals surface area contributed by atoms with Crippen molar-refractivity contribution in [3.8, 4) is 0 Å². The second-order valence-electron chi connectivity index (χ2n) is 8.26. The van der Waals surface area contributed by atoms with Gasteiger partial charge in [0.05, 0.1) is 33.8 Å². The van der Waals surface area contributed by atoms with E-state index < -0.39 is 45.9 Å². The second-order valence-corrected chi connectivity index (χ2v) is 10.6. The van der Waals surface area contributed by atoms with Crippen LogP contribution in [-0.4, -0.2) is 47.2 Å². The molecule has 0 aromatic heterocycles. The quantitative estimate of drug-likeness (QED) is 0.208. The summed E-state index contributed by atoms with van der Waals surface area (Å²) in [4.78, 5) is 61.5. The molecule has 1 saturated carbocycles. The third-order valence-corrected chi connectivity index (χ3v) is 8.93. The molecule has 0 radical (unpaired) electrons. The van der Waals surface area contributed by atoms with Crippen LogP contribution < -0.4 is 0 Å². The molecule has 4 rings (SSSR count). The number of hydrazine groups is 1. The van der Waals surface area contributed by atoms with Gasteiger partial charge >= 0.3 is 0 Å². The first-order chi connectivity index (χ1) is 16.6. The molecule has 1 saturated heterocycles. The van der Waals surface area contributed by atoms with E-state index in [-0.39, 0.29) is 32.2 Å². The number of imide groups is 1. The fourth-order valence-electron chi connectivity index (χ4n) is 4.41. The van der Waals surface area contributed by atoms with Crippen molar-refractivity contribution in [1.82, 2.24) is 10.0 Å². The average molecular weight is 610 g/mol. The second kappa shape index (κ2) is 9.82. The van der Waals surface area contributed by atoms with Crippen molar-refractivity contribution in [2.45, 2.75) is 29.0 Å². The minimum atomic E-state index is -0.788. The number of nitro benzene ring substituents is 2. The van der Waals surface area contributed by atoms with Gasteiger partial charge in [-0.05, 0) is 25.0 Å². The SMILES string of the molecule is O=C(c1ccc([N+](=O)[O-])cc1)N(Cc1ccccc1[N+](=O)[O-])N1C(=O)[C@@H]2C[C@H](Br)[C@@H](Br)C[C@H]2C1=O. The normalized spacial score (nSPS) is 23.7. The summed E-state index contributed by atoms with van der Waals surface area (Å²) in [6, 6.07) is 10.4. The van der Waals surface area contributed by atoms with Gasteiger partial charge in [-0.1, -0.05) is 50.1 Å². The summed E-state index contributed by atoms with van der Waals surface area (Å²) in [7, 11) is 0. The molecule has 0 unspecified atom stereocenters. The van der Waals surface area contributed by atoms with E-state index in [4.69, 9.17) is 0 Å². The summed E-state index contributed by atoms with van der Waals surface area (Å²) in [5.74, 6) is -3.18. The van der Waals surface area contributed by atoms with Gasteiger partial charge in [0, 0.05) is 33.4 Å². The van der Waals surface area contributed by atoms with E-state index in [0.29, 0.717) is 12.8 Å². The van der Waals surface area contributed by atoms with Crippen molar-refractivity contribution in [2.75, 3.05) is 0 Å². The number of carbonyl (C=O) groups excluding carboxylic acids is 3. The molecular formula is C22H18Br2N4O7. The van der Waals surface area contributed by atoms with Crippen molar-refractivity contribution < 1.29 is 24.2 Å². The third kappa shape index (κ3) is 4.69. The van der Waals surface area contributed by atoms with Crippen molar-refractivity contribution in [3.05, 3.63) is 79.9 Å². The van der Waals surface area contributed by atoms with Crippen LogP contribution in [-0.2, 0) is 16.1 Å². The summed E-state index contributed by atoms with van der Waals surface area (Å²) in [5.41, 5.74) is -0.397. The fourth-order valence-corrected chi connectivity index (χ4v) is 5.64. The zero-order chi connectivity index (χ0) is 25.4. The van der Waals surface area contributed by atoms with Gasteiger partial charge in [0.2, 0.25) is 0 Å². The molecule has 13 heteroatoms. The molecule has 2 aliphatic rings. The predicted octanol–water partition coefficient (Wildman–Crippen LogP) is 3.98.